The lowest BCUT2D eigenvalue weighted by atomic mass is 10.1. The standard InChI is InChI=1S/C22H43N9O7/c23-9-3-1-6-13(25)18(34)29-14(8-5-11-28-22(26)27)19(35)31-16(12-17(32)33)20(36)30-15(21(37)38)7-2-4-10-24/h13-16H,1-12,23-25H2,(H,29,34)(H,30,36)(H,31,35)(H,32,33)(H,37,38)(H4,26,27,28). The quantitative estimate of drug-likeness (QED) is 0.0384. The Bertz CT molecular complexity index is 806. The Balaban J connectivity index is 5.55. The Morgan fingerprint density at radius 2 is 1.18 bits per heavy atom. The van der Waals surface area contributed by atoms with E-state index in [0.717, 1.165) is 0 Å². The summed E-state index contributed by atoms with van der Waals surface area (Å²) in [4.78, 5) is 65.1. The highest BCUT2D eigenvalue weighted by Gasteiger charge is 2.31. The summed E-state index contributed by atoms with van der Waals surface area (Å²) in [7, 11) is 0. The van der Waals surface area contributed by atoms with Crippen LogP contribution in [0, 0.1) is 0 Å². The van der Waals surface area contributed by atoms with Crippen molar-refractivity contribution >= 4 is 35.6 Å². The Kier molecular flexibility index (Phi) is 17.8. The Morgan fingerprint density at radius 1 is 0.684 bits per heavy atom. The van der Waals surface area contributed by atoms with Crippen molar-refractivity contribution in [1.29, 1.82) is 0 Å². The second-order valence-corrected chi connectivity index (χ2v) is 8.74. The van der Waals surface area contributed by atoms with Crippen molar-refractivity contribution in [3.8, 4) is 0 Å². The second-order valence-electron chi connectivity index (χ2n) is 8.74. The van der Waals surface area contributed by atoms with E-state index in [-0.39, 0.29) is 31.8 Å². The van der Waals surface area contributed by atoms with E-state index in [1.165, 1.54) is 0 Å². The average molecular weight is 546 g/mol. The topological polar surface area (TPSA) is 304 Å². The maximum atomic E-state index is 13.0. The summed E-state index contributed by atoms with van der Waals surface area (Å²) in [5, 5.41) is 25.7. The summed E-state index contributed by atoms with van der Waals surface area (Å²) in [5.74, 6) is -5.35. The average Bonchev–Trinajstić information content (AvgIpc) is 2.84. The Hall–Kier alpha value is -3.50. The first kappa shape index (κ1) is 34.5. The van der Waals surface area contributed by atoms with Gasteiger partial charge in [0.2, 0.25) is 17.7 Å². The van der Waals surface area contributed by atoms with Gasteiger partial charge in [0.1, 0.15) is 18.1 Å². The van der Waals surface area contributed by atoms with E-state index in [0.29, 0.717) is 45.2 Å². The van der Waals surface area contributed by atoms with Crippen LogP contribution >= 0.6 is 0 Å². The molecule has 0 rings (SSSR count). The zero-order valence-corrected chi connectivity index (χ0v) is 21.6. The lowest BCUT2D eigenvalue weighted by molar-refractivity contribution is -0.143. The van der Waals surface area contributed by atoms with E-state index >= 15 is 0 Å². The monoisotopic (exact) mass is 545 g/mol. The molecule has 218 valence electrons. The summed E-state index contributed by atoms with van der Waals surface area (Å²) in [5.41, 5.74) is 27.4. The zero-order chi connectivity index (χ0) is 29.1. The fraction of sp³-hybridized carbons (Fsp3) is 0.727. The van der Waals surface area contributed by atoms with Crippen molar-refractivity contribution in [1.82, 2.24) is 16.0 Å². The third-order valence-electron chi connectivity index (χ3n) is 5.46. The van der Waals surface area contributed by atoms with E-state index in [1.807, 2.05) is 0 Å². The summed E-state index contributed by atoms with van der Waals surface area (Å²) in [6.07, 6.45) is 2.10. The molecule has 0 bridgehead atoms. The van der Waals surface area contributed by atoms with Gasteiger partial charge in [0.15, 0.2) is 5.96 Å². The van der Waals surface area contributed by atoms with Crippen molar-refractivity contribution in [3.63, 3.8) is 0 Å². The van der Waals surface area contributed by atoms with Crippen LogP contribution in [-0.2, 0) is 24.0 Å². The third kappa shape index (κ3) is 15.6. The van der Waals surface area contributed by atoms with Gasteiger partial charge in [0.05, 0.1) is 12.5 Å². The maximum absolute atomic E-state index is 13.0. The van der Waals surface area contributed by atoms with Crippen LogP contribution in [0.1, 0.15) is 57.8 Å². The largest absolute Gasteiger partial charge is 0.481 e. The second kappa shape index (κ2) is 19.6. The van der Waals surface area contributed by atoms with Gasteiger partial charge in [-0.1, -0.05) is 6.42 Å². The van der Waals surface area contributed by atoms with Crippen LogP contribution in [0.15, 0.2) is 4.99 Å². The van der Waals surface area contributed by atoms with Crippen LogP contribution < -0.4 is 44.6 Å². The molecular formula is C22H43N9O7. The number of carbonyl (C=O) groups excluding carboxylic acids is 3. The van der Waals surface area contributed by atoms with Crippen molar-refractivity contribution in [2.24, 2.45) is 33.7 Å². The Morgan fingerprint density at radius 3 is 1.71 bits per heavy atom. The first-order valence-electron chi connectivity index (χ1n) is 12.5. The van der Waals surface area contributed by atoms with Crippen LogP contribution in [0.5, 0.6) is 0 Å². The molecule has 0 aliphatic carbocycles. The number of guanidine groups is 1. The van der Waals surface area contributed by atoms with Crippen LogP contribution in [0.25, 0.3) is 0 Å². The van der Waals surface area contributed by atoms with E-state index in [9.17, 15) is 34.2 Å². The highest BCUT2D eigenvalue weighted by molar-refractivity contribution is 5.95. The molecule has 0 radical (unpaired) electrons. The number of carbonyl (C=O) groups is 5. The molecule has 0 fully saturated rings. The Labute approximate surface area is 221 Å². The number of unbranched alkanes of at least 4 members (excludes halogenated alkanes) is 2. The number of carboxylic acid groups (broad SMARTS) is 2. The molecule has 0 aliphatic heterocycles. The summed E-state index contributed by atoms with van der Waals surface area (Å²) < 4.78 is 0. The third-order valence-corrected chi connectivity index (χ3v) is 5.46. The lowest BCUT2D eigenvalue weighted by Gasteiger charge is -2.24. The van der Waals surface area contributed by atoms with Crippen molar-refractivity contribution < 1.29 is 34.2 Å². The van der Waals surface area contributed by atoms with Gasteiger partial charge >= 0.3 is 11.9 Å². The molecule has 0 aromatic carbocycles. The number of hydrogen-bond acceptors (Lipinski definition) is 9. The van der Waals surface area contributed by atoms with Crippen molar-refractivity contribution in [3.05, 3.63) is 0 Å². The number of aliphatic imine (C=N–C) groups is 1. The normalized spacial score (nSPS) is 13.9. The summed E-state index contributed by atoms with van der Waals surface area (Å²) in [6, 6.07) is -5.02. The van der Waals surface area contributed by atoms with Gasteiger partial charge in [0, 0.05) is 6.54 Å². The molecule has 3 amide bonds. The highest BCUT2D eigenvalue weighted by Crippen LogP contribution is 2.06. The van der Waals surface area contributed by atoms with Gasteiger partial charge in [-0.2, -0.15) is 0 Å². The van der Waals surface area contributed by atoms with Crippen LogP contribution in [-0.4, -0.2) is 89.6 Å². The molecule has 0 saturated carbocycles. The lowest BCUT2D eigenvalue weighted by Crippen LogP contribution is -2.57. The van der Waals surface area contributed by atoms with Crippen molar-refractivity contribution in [2.75, 3.05) is 19.6 Å². The van der Waals surface area contributed by atoms with E-state index in [4.69, 9.17) is 28.7 Å². The van der Waals surface area contributed by atoms with Gasteiger partial charge in [0.25, 0.3) is 0 Å². The molecule has 16 nitrogen and oxygen atoms in total. The van der Waals surface area contributed by atoms with E-state index in [1.54, 1.807) is 0 Å². The molecule has 0 aromatic heterocycles. The molecule has 0 aromatic rings. The fourth-order valence-electron chi connectivity index (χ4n) is 3.37. The SMILES string of the molecule is NCCCCC(N)C(=O)NC(CCCN=C(N)N)C(=O)NC(CC(=O)O)C(=O)NC(CCCCN)C(=O)O. The first-order valence-corrected chi connectivity index (χ1v) is 12.5. The minimum Gasteiger partial charge on any atom is -0.481 e. The predicted octanol–water partition coefficient (Wildman–Crippen LogP) is -3.36. The minimum absolute atomic E-state index is 0.0438. The number of nitrogens with zero attached hydrogens (tertiary/aromatic N) is 1. The molecule has 0 heterocycles. The van der Waals surface area contributed by atoms with Gasteiger partial charge in [-0.25, -0.2) is 4.79 Å². The van der Waals surface area contributed by atoms with E-state index in [2.05, 4.69) is 20.9 Å². The number of carboxylic acids is 2. The van der Waals surface area contributed by atoms with Gasteiger partial charge in [-0.15, -0.1) is 0 Å². The molecule has 0 aliphatic rings. The molecule has 38 heavy (non-hydrogen) atoms. The molecule has 0 saturated heterocycles. The number of amides is 3. The summed E-state index contributed by atoms with van der Waals surface area (Å²) in [6.45, 7) is 0.921. The fourth-order valence-corrected chi connectivity index (χ4v) is 3.37. The minimum atomic E-state index is -1.60. The molecule has 16 heteroatoms. The van der Waals surface area contributed by atoms with Crippen LogP contribution in [0.4, 0.5) is 0 Å². The number of hydrogen-bond donors (Lipinski definition) is 10. The molecule has 4 atom stereocenters. The molecule has 0 spiro atoms. The van der Waals surface area contributed by atoms with Gasteiger partial charge in [-0.05, 0) is 58.0 Å². The summed E-state index contributed by atoms with van der Waals surface area (Å²) >= 11 is 0. The number of nitrogens with two attached hydrogens (primary N) is 5. The smallest absolute Gasteiger partial charge is 0.326 e. The first-order chi connectivity index (χ1) is 17.9. The van der Waals surface area contributed by atoms with Gasteiger partial charge < -0.3 is 54.8 Å². The number of aliphatic carboxylic acids is 2. The molecular weight excluding hydrogens is 502 g/mol. The number of nitrogens with one attached hydrogen (secondary N) is 3. The van der Waals surface area contributed by atoms with Crippen LogP contribution in [0.3, 0.4) is 0 Å². The molecule has 4 unspecified atom stereocenters. The maximum Gasteiger partial charge on any atom is 0.326 e. The number of rotatable bonds is 21. The molecule has 15 N–H and O–H groups in total. The van der Waals surface area contributed by atoms with Crippen LogP contribution in [0.2, 0.25) is 0 Å². The van der Waals surface area contributed by atoms with Gasteiger partial charge in [-0.3, -0.25) is 24.2 Å². The van der Waals surface area contributed by atoms with Crippen molar-refractivity contribution in [2.45, 2.75) is 82.0 Å². The highest BCUT2D eigenvalue weighted by atomic mass is 16.4. The predicted molar refractivity (Wildman–Crippen MR) is 139 cm³/mol. The zero-order valence-electron chi connectivity index (χ0n) is 21.6. The van der Waals surface area contributed by atoms with E-state index < -0.39 is 60.2 Å².